The highest BCUT2D eigenvalue weighted by Gasteiger charge is 2.50. The minimum atomic E-state index is -1.53. The Morgan fingerprint density at radius 1 is 1.19 bits per heavy atom. The number of halogens is 2. The van der Waals surface area contributed by atoms with Gasteiger partial charge >= 0.3 is 5.97 Å². The molecule has 2 aromatic rings. The van der Waals surface area contributed by atoms with Crippen molar-refractivity contribution in [3.63, 3.8) is 0 Å². The van der Waals surface area contributed by atoms with Crippen LogP contribution in [0.5, 0.6) is 5.75 Å². The van der Waals surface area contributed by atoms with Crippen molar-refractivity contribution in [3.05, 3.63) is 41.0 Å². The Bertz CT molecular complexity index is 1140. The monoisotopic (exact) mass is 520 g/mol. The van der Waals surface area contributed by atoms with Gasteiger partial charge in [0.1, 0.15) is 12.4 Å². The number of nitrogens with zero attached hydrogens (tertiary/aromatic N) is 1. The SMILES string of the molecule is CC(C)C.CCN(c1cc2c(cc1SNO)-c1cc(C(=O)O)c(F)c(F)c1CO2)C1CC2(CCC2)C1. The van der Waals surface area contributed by atoms with Crippen LogP contribution in [0.25, 0.3) is 11.1 Å². The second-order valence-corrected chi connectivity index (χ2v) is 11.4. The van der Waals surface area contributed by atoms with Gasteiger partial charge in [-0.3, -0.25) is 0 Å². The summed E-state index contributed by atoms with van der Waals surface area (Å²) >= 11 is 1.01. The third-order valence-electron chi connectivity index (χ3n) is 7.26. The molecule has 3 aliphatic rings. The van der Waals surface area contributed by atoms with Gasteiger partial charge in [0.25, 0.3) is 0 Å². The fourth-order valence-corrected chi connectivity index (χ4v) is 6.01. The smallest absolute Gasteiger partial charge is 0.338 e. The van der Waals surface area contributed by atoms with Crippen molar-refractivity contribution >= 4 is 23.6 Å². The molecule has 9 heteroatoms. The average Bonchev–Trinajstić information content (AvgIpc) is 2.76. The average molecular weight is 521 g/mol. The Morgan fingerprint density at radius 3 is 2.39 bits per heavy atom. The van der Waals surface area contributed by atoms with E-state index in [-0.39, 0.29) is 17.7 Å². The zero-order valence-electron chi connectivity index (χ0n) is 21.2. The van der Waals surface area contributed by atoms with Gasteiger partial charge in [0.15, 0.2) is 11.6 Å². The zero-order valence-corrected chi connectivity index (χ0v) is 22.0. The van der Waals surface area contributed by atoms with E-state index in [0.717, 1.165) is 49.0 Å². The number of nitrogens with one attached hydrogen (secondary N) is 1. The first-order chi connectivity index (χ1) is 17.1. The third kappa shape index (κ3) is 4.93. The molecule has 0 unspecified atom stereocenters. The summed E-state index contributed by atoms with van der Waals surface area (Å²) in [4.78, 5) is 16.5. The number of anilines is 1. The summed E-state index contributed by atoms with van der Waals surface area (Å²) in [6.45, 7) is 9.17. The van der Waals surface area contributed by atoms with E-state index in [9.17, 15) is 23.9 Å². The van der Waals surface area contributed by atoms with Crippen LogP contribution in [0.15, 0.2) is 23.1 Å². The maximum Gasteiger partial charge on any atom is 0.338 e. The first-order valence-electron chi connectivity index (χ1n) is 12.5. The van der Waals surface area contributed by atoms with Gasteiger partial charge in [-0.05, 0) is 73.6 Å². The minimum Gasteiger partial charge on any atom is -0.488 e. The van der Waals surface area contributed by atoms with Crippen molar-refractivity contribution in [2.24, 2.45) is 11.3 Å². The summed E-state index contributed by atoms with van der Waals surface area (Å²) in [5.41, 5.74) is 1.41. The number of carbonyl (C=O) groups is 1. The molecule has 2 fully saturated rings. The Kier molecular flexibility index (Phi) is 7.83. The number of ether oxygens (including phenoxy) is 1. The summed E-state index contributed by atoms with van der Waals surface area (Å²) in [7, 11) is 0. The molecule has 196 valence electrons. The predicted molar refractivity (Wildman–Crippen MR) is 137 cm³/mol. The Hall–Kier alpha value is -2.36. The molecule has 5 rings (SSSR count). The lowest BCUT2D eigenvalue weighted by molar-refractivity contribution is 0.00892. The summed E-state index contributed by atoms with van der Waals surface area (Å²) < 4.78 is 34.6. The number of carboxylic acid groups (broad SMARTS) is 1. The highest BCUT2D eigenvalue weighted by atomic mass is 32.2. The Morgan fingerprint density at radius 2 is 1.86 bits per heavy atom. The lowest BCUT2D eigenvalue weighted by Crippen LogP contribution is -2.54. The molecule has 0 saturated heterocycles. The number of aromatic carboxylic acids is 1. The molecule has 1 aliphatic heterocycles. The Labute approximate surface area is 215 Å². The van der Waals surface area contributed by atoms with E-state index in [1.165, 1.54) is 19.3 Å². The normalized spacial score (nSPS) is 17.2. The maximum absolute atomic E-state index is 14.6. The molecule has 0 amide bonds. The van der Waals surface area contributed by atoms with Gasteiger partial charge in [-0.25, -0.2) is 13.6 Å². The molecule has 0 radical (unpaired) electrons. The lowest BCUT2D eigenvalue weighted by atomic mass is 9.54. The molecule has 1 heterocycles. The highest BCUT2D eigenvalue weighted by Crippen LogP contribution is 2.58. The number of hydrogen-bond acceptors (Lipinski definition) is 6. The molecule has 0 atom stereocenters. The van der Waals surface area contributed by atoms with Crippen LogP contribution in [0.4, 0.5) is 14.5 Å². The predicted octanol–water partition coefficient (Wildman–Crippen LogP) is 7.03. The van der Waals surface area contributed by atoms with Gasteiger partial charge in [0.2, 0.25) is 0 Å². The fraction of sp³-hybridized carbons (Fsp3) is 0.519. The van der Waals surface area contributed by atoms with Gasteiger partial charge in [-0.1, -0.05) is 27.2 Å². The van der Waals surface area contributed by atoms with Crippen LogP contribution in [0.1, 0.15) is 75.7 Å². The number of hydrogen-bond donors (Lipinski definition) is 3. The van der Waals surface area contributed by atoms with Crippen LogP contribution in [0, 0.1) is 23.0 Å². The summed E-state index contributed by atoms with van der Waals surface area (Å²) in [6.07, 6.45) is 6.17. The molecule has 2 aromatic carbocycles. The van der Waals surface area contributed by atoms with Gasteiger partial charge < -0.3 is 20.0 Å². The molecule has 36 heavy (non-hydrogen) atoms. The standard InChI is InChI=1S/C23H24F2N2O4S.C4H10/c1-2-27(12-9-23(10-12)4-3-5-23)17-8-18-14(7-19(17)32-26-30)13-6-15(22(28)29)20(24)21(25)16(13)11-31-18;1-4(2)3/h6-8,12,26,30H,2-5,9-11H2,1H3,(H,28,29);4H,1-3H3. The minimum absolute atomic E-state index is 0.0149. The second-order valence-electron chi connectivity index (χ2n) is 10.6. The fourth-order valence-electron chi connectivity index (χ4n) is 5.46. The summed E-state index contributed by atoms with van der Waals surface area (Å²) in [5.74, 6) is -2.82. The van der Waals surface area contributed by atoms with Crippen molar-refractivity contribution in [1.29, 1.82) is 0 Å². The molecule has 0 aromatic heterocycles. The van der Waals surface area contributed by atoms with Crippen LogP contribution >= 0.6 is 11.9 Å². The van der Waals surface area contributed by atoms with E-state index in [4.69, 9.17) is 4.74 Å². The Balaban J connectivity index is 0.000000709. The van der Waals surface area contributed by atoms with Crippen LogP contribution in [0.3, 0.4) is 0 Å². The van der Waals surface area contributed by atoms with E-state index in [1.54, 1.807) is 6.07 Å². The molecular weight excluding hydrogens is 486 g/mol. The number of carboxylic acids is 1. The second kappa shape index (κ2) is 10.6. The molecule has 1 spiro atoms. The molecule has 2 aliphatic carbocycles. The van der Waals surface area contributed by atoms with Crippen LogP contribution in [-0.2, 0) is 6.61 Å². The third-order valence-corrected chi connectivity index (χ3v) is 7.90. The number of benzene rings is 2. The highest BCUT2D eigenvalue weighted by molar-refractivity contribution is 7.97. The van der Waals surface area contributed by atoms with Crippen molar-refractivity contribution in [2.75, 3.05) is 11.4 Å². The van der Waals surface area contributed by atoms with E-state index >= 15 is 0 Å². The van der Waals surface area contributed by atoms with Crippen LogP contribution in [-0.4, -0.2) is 28.9 Å². The molecule has 0 bridgehead atoms. The van der Waals surface area contributed by atoms with Crippen LogP contribution in [0.2, 0.25) is 0 Å². The first-order valence-corrected chi connectivity index (χ1v) is 13.3. The van der Waals surface area contributed by atoms with Crippen molar-refractivity contribution in [2.45, 2.75) is 77.3 Å². The van der Waals surface area contributed by atoms with Crippen LogP contribution < -0.4 is 14.5 Å². The zero-order chi connectivity index (χ0) is 26.2. The van der Waals surface area contributed by atoms with Crippen molar-refractivity contribution in [3.8, 4) is 16.9 Å². The molecule has 6 nitrogen and oxygen atoms in total. The van der Waals surface area contributed by atoms with Crippen molar-refractivity contribution in [1.82, 2.24) is 4.89 Å². The topological polar surface area (TPSA) is 82.0 Å². The first kappa shape index (κ1) is 26.7. The number of rotatable bonds is 6. The largest absolute Gasteiger partial charge is 0.488 e. The summed E-state index contributed by atoms with van der Waals surface area (Å²) in [5, 5.41) is 18.7. The van der Waals surface area contributed by atoms with Gasteiger partial charge in [0.05, 0.1) is 11.3 Å². The number of fused-ring (bicyclic) bond motifs is 3. The lowest BCUT2D eigenvalue weighted by Gasteiger charge is -2.57. The maximum atomic E-state index is 14.6. The quantitative estimate of drug-likeness (QED) is 0.279. The summed E-state index contributed by atoms with van der Waals surface area (Å²) in [6, 6.07) is 5.15. The molecular formula is C27H34F2N2O4S. The van der Waals surface area contributed by atoms with Crippen molar-refractivity contribution < 1.29 is 28.6 Å². The van der Waals surface area contributed by atoms with E-state index in [2.05, 4.69) is 37.5 Å². The van der Waals surface area contributed by atoms with Gasteiger partial charge in [-0.2, -0.15) is 0 Å². The van der Waals surface area contributed by atoms with E-state index < -0.39 is 23.2 Å². The molecule has 2 saturated carbocycles. The van der Waals surface area contributed by atoms with Gasteiger partial charge in [0, 0.05) is 34.7 Å². The van der Waals surface area contributed by atoms with E-state index in [1.807, 2.05) is 6.07 Å². The van der Waals surface area contributed by atoms with Gasteiger partial charge in [-0.15, -0.1) is 4.89 Å². The molecule has 3 N–H and O–H groups in total. The van der Waals surface area contributed by atoms with E-state index in [0.29, 0.717) is 27.7 Å².